The van der Waals surface area contributed by atoms with Crippen LogP contribution in [0.5, 0.6) is 17.2 Å². The molecule has 0 aliphatic heterocycles. The van der Waals surface area contributed by atoms with E-state index >= 15 is 0 Å². The van der Waals surface area contributed by atoms with Gasteiger partial charge in [0.25, 0.3) is 11.9 Å². The average Bonchev–Trinajstić information content (AvgIpc) is 2.96. The Hall–Kier alpha value is -4.35. The zero-order chi connectivity index (χ0) is 30.7. The molecule has 0 amide bonds. The first kappa shape index (κ1) is 36.7. The number of phenolic OH excluding ortho intramolecular Hbond substituents is 1. The summed E-state index contributed by atoms with van der Waals surface area (Å²) in [4.78, 5) is 18.0. The Morgan fingerprint density at radius 1 is 0.698 bits per heavy atom. The number of aliphatic hydroxyl groups excluding tert-OH is 1. The van der Waals surface area contributed by atoms with Gasteiger partial charge < -0.3 is 29.9 Å². The molecule has 4 N–H and O–H groups in total. The summed E-state index contributed by atoms with van der Waals surface area (Å²) in [5, 5.41) is 43.0. The Kier molecular flexibility index (Phi) is 17.5. The molecule has 0 bridgehead atoms. The molecule has 10 nitrogen and oxygen atoms in total. The minimum atomic E-state index is -0.833. The maximum absolute atomic E-state index is 10.5. The van der Waals surface area contributed by atoms with Crippen LogP contribution in [-0.4, -0.2) is 44.5 Å². The molecule has 0 atom stereocenters. The van der Waals surface area contributed by atoms with E-state index in [-0.39, 0.29) is 50.3 Å². The first-order valence-corrected chi connectivity index (χ1v) is 12.6. The quantitative estimate of drug-likeness (QED) is 0.0918. The molecule has 0 fully saturated rings. The topological polar surface area (TPSA) is 158 Å². The van der Waals surface area contributed by atoms with Crippen LogP contribution in [0, 0.1) is 38.6 Å². The number of carbonyl (C=O) groups is 2. The van der Waals surface area contributed by atoms with Crippen LogP contribution in [0.2, 0.25) is 0 Å². The number of hydrogen-bond acceptors (Lipinski definition) is 7. The number of hydrogen-bond donors (Lipinski definition) is 4. The second-order valence-corrected chi connectivity index (χ2v) is 8.51. The molecule has 0 spiro atoms. The van der Waals surface area contributed by atoms with Crippen molar-refractivity contribution in [2.75, 3.05) is 0 Å². The normalized spacial score (nSPS) is 10.2. The third-order valence-corrected chi connectivity index (χ3v) is 4.92. The molecule has 0 saturated carbocycles. The van der Waals surface area contributed by atoms with Crippen LogP contribution < -0.4 is 9.47 Å². The minimum absolute atomic E-state index is 0. The molecule has 0 unspecified atom stereocenters. The van der Waals surface area contributed by atoms with Gasteiger partial charge in [0.05, 0.1) is 6.21 Å². The number of nitrogens with zero attached hydrogens (tertiary/aromatic N) is 2. The number of ether oxygens (including phenoxy) is 2. The smallest absolute Gasteiger partial charge is 0.300 e. The molecule has 43 heavy (non-hydrogen) atoms. The van der Waals surface area contributed by atoms with Crippen LogP contribution in [0.25, 0.3) is 0 Å². The van der Waals surface area contributed by atoms with Gasteiger partial charge >= 0.3 is 0 Å². The Bertz CT molecular complexity index is 1400. The molecule has 0 aliphatic rings. The monoisotopic (exact) mass is 731 g/mol. The summed E-state index contributed by atoms with van der Waals surface area (Å²) in [6, 6.07) is 31.4. The third kappa shape index (κ3) is 16.0. The number of carboxylic acids is 2. The van der Waals surface area contributed by atoms with Gasteiger partial charge in [0, 0.05) is 69.7 Å². The van der Waals surface area contributed by atoms with Gasteiger partial charge in [-0.15, -0.1) is 5.10 Å². The number of rotatable bonds is 9. The fourth-order valence-electron chi connectivity index (χ4n) is 3.15. The zero-order valence-electron chi connectivity index (χ0n) is 23.5. The molecule has 4 aromatic rings. The van der Waals surface area contributed by atoms with Crippen molar-refractivity contribution in [1.29, 1.82) is 0 Å². The molecule has 0 aromatic heterocycles. The maximum atomic E-state index is 10.5. The molecule has 4 aromatic carbocycles. The van der Waals surface area contributed by atoms with Crippen molar-refractivity contribution in [2.24, 2.45) is 10.2 Å². The van der Waals surface area contributed by atoms with Crippen molar-refractivity contribution in [3.05, 3.63) is 125 Å². The SMILES string of the molecule is CC(=O)O.CC(=O)O.O/C(=N/N=C/c1ccccc1O)c1cc(OCc2ccccc2)cc(OCc2ccccc2)c1.[Tb]. The average molecular weight is 732 g/mol. The van der Waals surface area contributed by atoms with E-state index in [0.29, 0.717) is 35.8 Å². The first-order chi connectivity index (χ1) is 20.1. The standard InChI is InChI=1S/C28H24N2O4.2C2H4O2.Tb/c31-27-14-8-7-13-23(27)18-29-30-28(32)24-15-25(33-19-21-9-3-1-4-10-21)17-26(16-24)34-20-22-11-5-2-6-12-22;2*1-2(3)4;/h1-18,31H,19-20H2,(H,30,32);2*1H3,(H,3,4);/b29-18+;;;. The summed E-state index contributed by atoms with van der Waals surface area (Å²) in [7, 11) is 0. The Morgan fingerprint density at radius 2 is 1.12 bits per heavy atom. The van der Waals surface area contributed by atoms with Crippen molar-refractivity contribution in [2.45, 2.75) is 27.1 Å². The molecular weight excluding hydrogens is 699 g/mol. The molecule has 4 rings (SSSR count). The molecule has 1 radical (unpaired) electrons. The Balaban J connectivity index is 0.000000917. The summed E-state index contributed by atoms with van der Waals surface area (Å²) in [5.41, 5.74) is 2.92. The molecular formula is C32H32N2O8Tb. The number of aromatic hydroxyl groups is 1. The first-order valence-electron chi connectivity index (χ1n) is 12.6. The number of para-hydroxylation sites is 1. The van der Waals surface area contributed by atoms with Crippen LogP contribution in [0.1, 0.15) is 36.1 Å². The fourth-order valence-corrected chi connectivity index (χ4v) is 3.15. The molecule has 11 heteroatoms. The fraction of sp³-hybridized carbons (Fsp3) is 0.125. The van der Waals surface area contributed by atoms with Crippen LogP contribution in [0.15, 0.2) is 113 Å². The van der Waals surface area contributed by atoms with Crippen molar-refractivity contribution in [1.82, 2.24) is 0 Å². The van der Waals surface area contributed by atoms with E-state index in [0.717, 1.165) is 25.0 Å². The van der Waals surface area contributed by atoms with Gasteiger partial charge in [0.1, 0.15) is 30.5 Å². The van der Waals surface area contributed by atoms with Crippen molar-refractivity contribution in [3.8, 4) is 17.2 Å². The van der Waals surface area contributed by atoms with Gasteiger partial charge in [-0.3, -0.25) is 9.59 Å². The summed E-state index contributed by atoms with van der Waals surface area (Å²) < 4.78 is 11.9. The Labute approximate surface area is 280 Å². The second-order valence-electron chi connectivity index (χ2n) is 8.51. The summed E-state index contributed by atoms with van der Waals surface area (Å²) in [5.74, 6) is -0.845. The molecule has 0 saturated heterocycles. The van der Waals surface area contributed by atoms with Crippen LogP contribution in [-0.2, 0) is 22.8 Å². The van der Waals surface area contributed by atoms with Crippen LogP contribution in [0.4, 0.5) is 0 Å². The van der Waals surface area contributed by atoms with E-state index in [1.54, 1.807) is 42.5 Å². The van der Waals surface area contributed by atoms with E-state index in [1.165, 1.54) is 6.21 Å². The summed E-state index contributed by atoms with van der Waals surface area (Å²) in [6.07, 6.45) is 1.37. The molecule has 0 heterocycles. The van der Waals surface area contributed by atoms with Crippen LogP contribution in [0.3, 0.4) is 0 Å². The van der Waals surface area contributed by atoms with E-state index in [1.807, 2.05) is 60.7 Å². The largest absolute Gasteiger partial charge is 0.507 e. The van der Waals surface area contributed by atoms with Crippen molar-refractivity contribution in [3.63, 3.8) is 0 Å². The summed E-state index contributed by atoms with van der Waals surface area (Å²) >= 11 is 0. The number of aliphatic hydroxyl groups is 1. The van der Waals surface area contributed by atoms with Gasteiger partial charge in [-0.1, -0.05) is 72.8 Å². The molecule has 0 aliphatic carbocycles. The number of benzene rings is 4. The number of phenols is 1. The molecule has 227 valence electrons. The predicted octanol–water partition coefficient (Wildman–Crippen LogP) is 6.07. The van der Waals surface area contributed by atoms with Gasteiger partial charge in [0.15, 0.2) is 0 Å². The number of carboxylic acid groups (broad SMARTS) is 2. The van der Waals surface area contributed by atoms with Crippen molar-refractivity contribution < 1.29 is 78.1 Å². The number of aliphatic carboxylic acids is 2. The predicted molar refractivity (Wildman–Crippen MR) is 159 cm³/mol. The zero-order valence-corrected chi connectivity index (χ0v) is 25.6. The maximum Gasteiger partial charge on any atom is 0.300 e. The minimum Gasteiger partial charge on any atom is -0.507 e. The second kappa shape index (κ2) is 20.5. The Morgan fingerprint density at radius 3 is 1.56 bits per heavy atom. The third-order valence-electron chi connectivity index (χ3n) is 4.92. The van der Waals surface area contributed by atoms with Gasteiger partial charge in [-0.25, -0.2) is 0 Å². The van der Waals surface area contributed by atoms with E-state index in [9.17, 15) is 10.2 Å². The van der Waals surface area contributed by atoms with Gasteiger partial charge in [0.2, 0.25) is 5.90 Å². The van der Waals surface area contributed by atoms with Gasteiger partial charge in [-0.2, -0.15) is 5.10 Å². The van der Waals surface area contributed by atoms with Crippen molar-refractivity contribution >= 4 is 24.1 Å². The van der Waals surface area contributed by atoms with Crippen LogP contribution >= 0.6 is 0 Å². The van der Waals surface area contributed by atoms with E-state index in [4.69, 9.17) is 29.3 Å². The van der Waals surface area contributed by atoms with E-state index < -0.39 is 11.9 Å². The summed E-state index contributed by atoms with van der Waals surface area (Å²) in [6.45, 7) is 2.90. The van der Waals surface area contributed by atoms with E-state index in [2.05, 4.69) is 10.2 Å². The van der Waals surface area contributed by atoms with Gasteiger partial charge in [-0.05, 0) is 35.4 Å².